The van der Waals surface area contributed by atoms with Gasteiger partial charge in [0.1, 0.15) is 0 Å². The van der Waals surface area contributed by atoms with Gasteiger partial charge in [0.15, 0.2) is 5.13 Å². The molecule has 0 aliphatic carbocycles. The summed E-state index contributed by atoms with van der Waals surface area (Å²) in [7, 11) is 0. The summed E-state index contributed by atoms with van der Waals surface area (Å²) in [6, 6.07) is 10.6. The molecule has 0 atom stereocenters. The summed E-state index contributed by atoms with van der Waals surface area (Å²) < 4.78 is 1.28. The van der Waals surface area contributed by atoms with Crippen LogP contribution in [0, 0.1) is 0 Å². The standard InChI is InChI=1S/C22H26N4OS2/c1-2-17-5-7-19-20(16-17)29-22(24-19)26-13-11-25(12-14-26)10-9-23-21(27)8-6-18-4-3-15-28-18/h3-8,15-16H,2,9-14H2,1H3,(H,23,27)/b8-6+. The molecule has 0 spiro atoms. The fourth-order valence-corrected chi connectivity index (χ4v) is 5.11. The molecule has 3 aromatic rings. The van der Waals surface area contributed by atoms with E-state index in [1.165, 1.54) is 10.3 Å². The first kappa shape index (κ1) is 20.1. The van der Waals surface area contributed by atoms with Crippen LogP contribution in [0.4, 0.5) is 5.13 Å². The lowest BCUT2D eigenvalue weighted by atomic mass is 10.2. The number of aromatic nitrogens is 1. The topological polar surface area (TPSA) is 48.5 Å². The number of amides is 1. The Morgan fingerprint density at radius 3 is 2.86 bits per heavy atom. The zero-order valence-electron chi connectivity index (χ0n) is 16.6. The van der Waals surface area contributed by atoms with Crippen LogP contribution >= 0.6 is 22.7 Å². The number of rotatable bonds is 7. The lowest BCUT2D eigenvalue weighted by molar-refractivity contribution is -0.116. The van der Waals surface area contributed by atoms with E-state index < -0.39 is 0 Å². The molecule has 3 heterocycles. The number of hydrogen-bond donors (Lipinski definition) is 1. The number of anilines is 1. The van der Waals surface area contributed by atoms with Gasteiger partial charge in [0.05, 0.1) is 10.2 Å². The molecule has 1 saturated heterocycles. The van der Waals surface area contributed by atoms with Gasteiger partial charge >= 0.3 is 0 Å². The SMILES string of the molecule is CCc1ccc2nc(N3CCN(CCNC(=O)/C=C/c4cccs4)CC3)sc2c1. The highest BCUT2D eigenvalue weighted by Crippen LogP contribution is 2.30. The molecule has 4 rings (SSSR count). The number of nitrogens with one attached hydrogen (secondary N) is 1. The van der Waals surface area contributed by atoms with E-state index in [0.717, 1.165) is 54.7 Å². The number of piperazine rings is 1. The van der Waals surface area contributed by atoms with Crippen molar-refractivity contribution in [3.8, 4) is 0 Å². The normalized spacial score (nSPS) is 15.4. The summed E-state index contributed by atoms with van der Waals surface area (Å²) in [5.74, 6) is -0.0297. The van der Waals surface area contributed by atoms with Crippen molar-refractivity contribution in [1.82, 2.24) is 15.2 Å². The number of benzene rings is 1. The average molecular weight is 427 g/mol. The Balaban J connectivity index is 1.22. The molecule has 0 bridgehead atoms. The van der Waals surface area contributed by atoms with Gasteiger partial charge in [-0.25, -0.2) is 4.98 Å². The van der Waals surface area contributed by atoms with Crippen molar-refractivity contribution in [1.29, 1.82) is 0 Å². The summed E-state index contributed by atoms with van der Waals surface area (Å²) in [6.45, 7) is 7.69. The highest BCUT2D eigenvalue weighted by molar-refractivity contribution is 7.22. The molecule has 1 amide bonds. The van der Waals surface area contributed by atoms with Crippen molar-refractivity contribution in [3.05, 3.63) is 52.2 Å². The summed E-state index contributed by atoms with van der Waals surface area (Å²) in [5, 5.41) is 6.11. The summed E-state index contributed by atoms with van der Waals surface area (Å²) in [6.07, 6.45) is 4.53. The van der Waals surface area contributed by atoms with E-state index in [4.69, 9.17) is 4.98 Å². The van der Waals surface area contributed by atoms with E-state index >= 15 is 0 Å². The van der Waals surface area contributed by atoms with E-state index in [1.807, 2.05) is 23.6 Å². The number of nitrogens with zero attached hydrogens (tertiary/aromatic N) is 3. The Morgan fingerprint density at radius 1 is 1.24 bits per heavy atom. The van der Waals surface area contributed by atoms with Crippen molar-refractivity contribution >= 4 is 50.0 Å². The fraction of sp³-hybridized carbons (Fsp3) is 0.364. The predicted molar refractivity (Wildman–Crippen MR) is 124 cm³/mol. The minimum Gasteiger partial charge on any atom is -0.351 e. The molecule has 1 fully saturated rings. The summed E-state index contributed by atoms with van der Waals surface area (Å²) >= 11 is 3.42. The zero-order valence-corrected chi connectivity index (χ0v) is 18.3. The summed E-state index contributed by atoms with van der Waals surface area (Å²) in [5.41, 5.74) is 2.47. The third-order valence-electron chi connectivity index (χ3n) is 5.16. The van der Waals surface area contributed by atoms with Crippen molar-refractivity contribution < 1.29 is 4.79 Å². The maximum atomic E-state index is 11.9. The fourth-order valence-electron chi connectivity index (χ4n) is 3.41. The van der Waals surface area contributed by atoms with Crippen LogP contribution in [0.15, 0.2) is 41.8 Å². The smallest absolute Gasteiger partial charge is 0.244 e. The Kier molecular flexibility index (Phi) is 6.59. The van der Waals surface area contributed by atoms with Crippen LogP contribution in [-0.2, 0) is 11.2 Å². The molecule has 152 valence electrons. The molecule has 0 unspecified atom stereocenters. The van der Waals surface area contributed by atoms with Crippen molar-refractivity contribution in [2.75, 3.05) is 44.2 Å². The van der Waals surface area contributed by atoms with Gasteiger partial charge < -0.3 is 10.2 Å². The van der Waals surface area contributed by atoms with Crippen LogP contribution < -0.4 is 10.2 Å². The van der Waals surface area contributed by atoms with Gasteiger partial charge in [-0.05, 0) is 41.6 Å². The van der Waals surface area contributed by atoms with Gasteiger partial charge in [0.2, 0.25) is 5.91 Å². The number of thiophene rings is 1. The molecule has 0 radical (unpaired) electrons. The highest BCUT2D eigenvalue weighted by Gasteiger charge is 2.19. The van der Waals surface area contributed by atoms with Crippen LogP contribution in [0.25, 0.3) is 16.3 Å². The third kappa shape index (κ3) is 5.23. The predicted octanol–water partition coefficient (Wildman–Crippen LogP) is 3.87. The largest absolute Gasteiger partial charge is 0.351 e. The molecule has 7 heteroatoms. The van der Waals surface area contributed by atoms with Crippen LogP contribution in [0.1, 0.15) is 17.4 Å². The third-order valence-corrected chi connectivity index (χ3v) is 7.08. The lowest BCUT2D eigenvalue weighted by Gasteiger charge is -2.34. The van der Waals surface area contributed by atoms with Gasteiger partial charge in [0, 0.05) is 50.2 Å². The van der Waals surface area contributed by atoms with Gasteiger partial charge in [0.25, 0.3) is 0 Å². The van der Waals surface area contributed by atoms with Gasteiger partial charge in [-0.2, -0.15) is 0 Å². The minimum absolute atomic E-state index is 0.0297. The van der Waals surface area contributed by atoms with E-state index in [0.29, 0.717) is 6.54 Å². The first-order valence-corrected chi connectivity index (χ1v) is 11.8. The summed E-state index contributed by atoms with van der Waals surface area (Å²) in [4.78, 5) is 22.6. The minimum atomic E-state index is -0.0297. The first-order valence-electron chi connectivity index (χ1n) is 10.1. The Hall–Kier alpha value is -2.22. The van der Waals surface area contributed by atoms with E-state index in [9.17, 15) is 4.79 Å². The van der Waals surface area contributed by atoms with Crippen molar-refractivity contribution in [3.63, 3.8) is 0 Å². The number of aryl methyl sites for hydroxylation is 1. The van der Waals surface area contributed by atoms with Crippen LogP contribution in [0.3, 0.4) is 0 Å². The molecule has 5 nitrogen and oxygen atoms in total. The lowest BCUT2D eigenvalue weighted by Crippen LogP contribution is -2.48. The van der Waals surface area contributed by atoms with Crippen molar-refractivity contribution in [2.45, 2.75) is 13.3 Å². The molecule has 1 aliphatic heterocycles. The molecule has 2 aromatic heterocycles. The second kappa shape index (κ2) is 9.52. The first-order chi connectivity index (χ1) is 14.2. The second-order valence-corrected chi connectivity index (χ2v) is 9.11. The Bertz CT molecular complexity index is 972. The molecule has 1 N–H and O–H groups in total. The molecule has 1 aromatic carbocycles. The molecular formula is C22H26N4OS2. The molecule has 0 saturated carbocycles. The van der Waals surface area contributed by atoms with E-state index in [-0.39, 0.29) is 5.91 Å². The van der Waals surface area contributed by atoms with E-state index in [2.05, 4.69) is 40.2 Å². The maximum Gasteiger partial charge on any atom is 0.244 e. The number of hydrogen-bond acceptors (Lipinski definition) is 6. The molecule has 1 aliphatic rings. The number of carbonyl (C=O) groups is 1. The number of thiazole rings is 1. The maximum absolute atomic E-state index is 11.9. The Labute approximate surface area is 179 Å². The monoisotopic (exact) mass is 426 g/mol. The van der Waals surface area contributed by atoms with Gasteiger partial charge in [-0.3, -0.25) is 9.69 Å². The molecular weight excluding hydrogens is 400 g/mol. The average Bonchev–Trinajstić information content (AvgIpc) is 3.42. The van der Waals surface area contributed by atoms with Gasteiger partial charge in [-0.1, -0.05) is 30.4 Å². The molecule has 29 heavy (non-hydrogen) atoms. The number of fused-ring (bicyclic) bond motifs is 1. The Morgan fingerprint density at radius 2 is 2.10 bits per heavy atom. The highest BCUT2D eigenvalue weighted by atomic mass is 32.1. The van der Waals surface area contributed by atoms with Crippen LogP contribution in [-0.4, -0.2) is 55.1 Å². The van der Waals surface area contributed by atoms with Crippen molar-refractivity contribution in [2.24, 2.45) is 0 Å². The van der Waals surface area contributed by atoms with Gasteiger partial charge in [-0.15, -0.1) is 11.3 Å². The van der Waals surface area contributed by atoms with E-state index in [1.54, 1.807) is 28.7 Å². The number of carbonyl (C=O) groups excluding carboxylic acids is 1. The second-order valence-electron chi connectivity index (χ2n) is 7.12. The van der Waals surface area contributed by atoms with Crippen LogP contribution in [0.2, 0.25) is 0 Å². The quantitative estimate of drug-likeness (QED) is 0.583. The zero-order chi connectivity index (χ0) is 20.1. The van der Waals surface area contributed by atoms with Crippen LogP contribution in [0.5, 0.6) is 0 Å².